The zero-order valence-corrected chi connectivity index (χ0v) is 23.6. The molecular formula is C32H21BrClN3O4. The average molecular weight is 627 g/mol. The molecule has 0 unspecified atom stereocenters. The number of nitrogens with one attached hydrogen (secondary N) is 1. The maximum Gasteiger partial charge on any atom is 0.275 e. The number of aromatic hydroxyl groups is 1. The van der Waals surface area contributed by atoms with Crippen LogP contribution in [-0.4, -0.2) is 29.0 Å². The Bertz CT molecular complexity index is 1770. The van der Waals surface area contributed by atoms with E-state index in [1.54, 1.807) is 36.5 Å². The minimum atomic E-state index is -1.15. The molecule has 4 aromatic carbocycles. The quantitative estimate of drug-likeness (QED) is 0.171. The number of rotatable bonds is 4. The fourth-order valence-electron chi connectivity index (χ4n) is 6.86. The van der Waals surface area contributed by atoms with Gasteiger partial charge in [0.25, 0.3) is 5.91 Å². The lowest BCUT2D eigenvalue weighted by Gasteiger charge is -2.52. The van der Waals surface area contributed by atoms with Crippen molar-refractivity contribution in [1.82, 2.24) is 5.43 Å². The van der Waals surface area contributed by atoms with E-state index in [1.165, 1.54) is 17.0 Å². The van der Waals surface area contributed by atoms with Crippen LogP contribution in [0.3, 0.4) is 0 Å². The summed E-state index contributed by atoms with van der Waals surface area (Å²) in [6.45, 7) is 0. The number of amides is 3. The molecule has 2 bridgehead atoms. The summed E-state index contributed by atoms with van der Waals surface area (Å²) in [7, 11) is 0. The Kier molecular flexibility index (Phi) is 5.88. The Hall–Kier alpha value is -4.27. The first kappa shape index (κ1) is 25.7. The number of hydrazone groups is 1. The van der Waals surface area contributed by atoms with E-state index in [4.69, 9.17) is 11.6 Å². The first-order valence-electron chi connectivity index (χ1n) is 13.0. The summed E-state index contributed by atoms with van der Waals surface area (Å²) in [6.07, 6.45) is 1.58. The summed E-state index contributed by atoms with van der Waals surface area (Å²) >= 11 is 9.81. The molecule has 9 heteroatoms. The van der Waals surface area contributed by atoms with E-state index in [0.29, 0.717) is 15.2 Å². The van der Waals surface area contributed by atoms with Crippen molar-refractivity contribution in [3.8, 4) is 5.75 Å². The van der Waals surface area contributed by atoms with E-state index in [2.05, 4.69) is 26.5 Å². The molecule has 7 nitrogen and oxygen atoms in total. The second-order valence-electron chi connectivity index (χ2n) is 10.3. The SMILES string of the molecule is O=C(N/N=C\C12c3ccccc3C(c3ccccc31)[C@@H]1C(=O)N(c3ccccc3Cl)C(=O)[C@H]12)c1cc(Br)ccc1O. The second kappa shape index (κ2) is 9.39. The van der Waals surface area contributed by atoms with Gasteiger partial charge in [0.1, 0.15) is 5.75 Å². The van der Waals surface area contributed by atoms with Crippen molar-refractivity contribution >= 4 is 57.2 Å². The second-order valence-corrected chi connectivity index (χ2v) is 11.7. The summed E-state index contributed by atoms with van der Waals surface area (Å²) in [5.74, 6) is -3.35. The van der Waals surface area contributed by atoms with Crippen molar-refractivity contribution < 1.29 is 19.5 Å². The molecule has 0 spiro atoms. The average Bonchev–Trinajstić information content (AvgIpc) is 3.25. The number of hydrogen-bond acceptors (Lipinski definition) is 5. The molecule has 4 aliphatic rings. The van der Waals surface area contributed by atoms with E-state index in [-0.39, 0.29) is 29.0 Å². The van der Waals surface area contributed by atoms with Gasteiger partial charge >= 0.3 is 0 Å². The van der Waals surface area contributed by atoms with E-state index >= 15 is 0 Å². The van der Waals surface area contributed by atoms with Crippen LogP contribution >= 0.6 is 27.5 Å². The number of nitrogens with zero attached hydrogens (tertiary/aromatic N) is 2. The molecule has 202 valence electrons. The molecule has 1 fully saturated rings. The fraction of sp³-hybridized carbons (Fsp3) is 0.125. The van der Waals surface area contributed by atoms with Crippen LogP contribution in [0, 0.1) is 11.8 Å². The van der Waals surface area contributed by atoms with Gasteiger partial charge in [0.15, 0.2) is 0 Å². The highest BCUT2D eigenvalue weighted by molar-refractivity contribution is 9.10. The lowest BCUT2D eigenvalue weighted by molar-refractivity contribution is -0.122. The van der Waals surface area contributed by atoms with Crippen LogP contribution in [0.1, 0.15) is 38.5 Å². The number of phenols is 1. The highest BCUT2D eigenvalue weighted by Gasteiger charge is 2.68. The van der Waals surface area contributed by atoms with Crippen molar-refractivity contribution in [2.45, 2.75) is 11.3 Å². The predicted octanol–water partition coefficient (Wildman–Crippen LogP) is 5.77. The molecule has 1 saturated heterocycles. The van der Waals surface area contributed by atoms with Gasteiger partial charge in [-0.2, -0.15) is 5.10 Å². The summed E-state index contributed by atoms with van der Waals surface area (Å²) in [6, 6.07) is 26.9. The number of carbonyl (C=O) groups excluding carboxylic acids is 3. The zero-order chi connectivity index (χ0) is 28.5. The summed E-state index contributed by atoms with van der Waals surface area (Å²) in [5.41, 5.74) is 5.36. The molecule has 0 radical (unpaired) electrons. The molecule has 0 saturated carbocycles. The van der Waals surface area contributed by atoms with Gasteiger partial charge in [-0.15, -0.1) is 0 Å². The molecule has 1 aliphatic heterocycles. The Morgan fingerprint density at radius 3 is 2.24 bits per heavy atom. The molecule has 3 amide bonds. The van der Waals surface area contributed by atoms with Crippen LogP contribution in [0.15, 0.2) is 101 Å². The molecule has 41 heavy (non-hydrogen) atoms. The third-order valence-corrected chi connectivity index (χ3v) is 9.23. The van der Waals surface area contributed by atoms with E-state index in [9.17, 15) is 19.5 Å². The third kappa shape index (κ3) is 3.57. The number of carbonyl (C=O) groups is 3. The van der Waals surface area contributed by atoms with E-state index in [0.717, 1.165) is 22.3 Å². The van der Waals surface area contributed by atoms with Crippen LogP contribution in [0.25, 0.3) is 0 Å². The number of halogens is 2. The zero-order valence-electron chi connectivity index (χ0n) is 21.3. The van der Waals surface area contributed by atoms with Crippen LogP contribution in [-0.2, 0) is 15.0 Å². The van der Waals surface area contributed by atoms with Crippen molar-refractivity contribution in [3.05, 3.63) is 128 Å². The lowest BCUT2D eigenvalue weighted by Crippen LogP contribution is -2.54. The first-order valence-corrected chi connectivity index (χ1v) is 14.2. The van der Waals surface area contributed by atoms with Crippen molar-refractivity contribution in [1.29, 1.82) is 0 Å². The van der Waals surface area contributed by atoms with Gasteiger partial charge in [0, 0.05) is 16.6 Å². The highest BCUT2D eigenvalue weighted by Crippen LogP contribution is 2.63. The van der Waals surface area contributed by atoms with Gasteiger partial charge in [-0.3, -0.25) is 14.4 Å². The molecule has 1 heterocycles. The standard InChI is InChI=1S/C32H21BrClN3O4/c33-17-13-14-25(38)20(15-17)29(39)36-35-16-32-21-9-3-1-7-18(21)26(19-8-2-4-10-22(19)32)27-28(32)31(41)37(30(27)40)24-12-6-5-11-23(24)34/h1-16,26-28,38H,(H,36,39)/b35-16-/t26?,27-,28-,32?/m0/s1. The number of para-hydroxylation sites is 1. The Morgan fingerprint density at radius 2 is 1.56 bits per heavy atom. The van der Waals surface area contributed by atoms with Crippen LogP contribution in [0.2, 0.25) is 5.02 Å². The number of hydrogen-bond donors (Lipinski definition) is 2. The van der Waals surface area contributed by atoms with Gasteiger partial charge in [-0.25, -0.2) is 10.3 Å². The summed E-state index contributed by atoms with van der Waals surface area (Å²) in [5, 5.41) is 14.9. The maximum absolute atomic E-state index is 14.4. The number of imide groups is 1. The maximum atomic E-state index is 14.4. The minimum Gasteiger partial charge on any atom is -0.507 e. The Balaban J connectivity index is 1.41. The summed E-state index contributed by atoms with van der Waals surface area (Å²) in [4.78, 5) is 42.8. The highest BCUT2D eigenvalue weighted by atomic mass is 79.9. The number of benzene rings is 4. The Morgan fingerprint density at radius 1 is 0.927 bits per heavy atom. The molecule has 3 aliphatic carbocycles. The molecule has 2 N–H and O–H groups in total. The normalized spacial score (nSPS) is 23.9. The topological polar surface area (TPSA) is 99.1 Å². The number of anilines is 1. The smallest absolute Gasteiger partial charge is 0.275 e. The fourth-order valence-corrected chi connectivity index (χ4v) is 7.44. The van der Waals surface area contributed by atoms with Crippen LogP contribution in [0.4, 0.5) is 5.69 Å². The van der Waals surface area contributed by atoms with Crippen molar-refractivity contribution in [2.75, 3.05) is 4.90 Å². The molecular weight excluding hydrogens is 606 g/mol. The van der Waals surface area contributed by atoms with Gasteiger partial charge in [0.05, 0.1) is 33.5 Å². The van der Waals surface area contributed by atoms with Crippen LogP contribution in [0.5, 0.6) is 5.75 Å². The van der Waals surface area contributed by atoms with Gasteiger partial charge in [-0.1, -0.05) is 88.2 Å². The van der Waals surface area contributed by atoms with E-state index in [1.807, 2.05) is 48.5 Å². The summed E-state index contributed by atoms with van der Waals surface area (Å²) < 4.78 is 0.619. The van der Waals surface area contributed by atoms with Crippen LogP contribution < -0.4 is 10.3 Å². The number of phenolic OH excluding ortho intramolecular Hbond substituents is 1. The van der Waals surface area contributed by atoms with Gasteiger partial charge in [-0.05, 0) is 52.6 Å². The Labute approximate surface area is 248 Å². The van der Waals surface area contributed by atoms with Gasteiger partial charge < -0.3 is 5.11 Å². The molecule has 2 atom stereocenters. The van der Waals surface area contributed by atoms with E-state index < -0.39 is 23.2 Å². The third-order valence-electron chi connectivity index (χ3n) is 8.41. The van der Waals surface area contributed by atoms with Crippen molar-refractivity contribution in [2.24, 2.45) is 16.9 Å². The molecule has 4 aromatic rings. The minimum absolute atomic E-state index is 0.0390. The lowest BCUT2D eigenvalue weighted by atomic mass is 9.47. The monoisotopic (exact) mass is 625 g/mol. The van der Waals surface area contributed by atoms with Crippen molar-refractivity contribution in [3.63, 3.8) is 0 Å². The first-order chi connectivity index (χ1) is 19.8. The largest absolute Gasteiger partial charge is 0.507 e. The molecule has 8 rings (SSSR count). The predicted molar refractivity (Wildman–Crippen MR) is 158 cm³/mol. The molecule has 0 aromatic heterocycles. The van der Waals surface area contributed by atoms with Gasteiger partial charge in [0.2, 0.25) is 11.8 Å².